The van der Waals surface area contributed by atoms with Crippen molar-refractivity contribution in [3.63, 3.8) is 0 Å². The van der Waals surface area contributed by atoms with Gasteiger partial charge in [-0.15, -0.1) is 11.3 Å². The maximum absolute atomic E-state index is 10.5. The summed E-state index contributed by atoms with van der Waals surface area (Å²) in [7, 11) is 3.16. The molecule has 0 amide bonds. The van der Waals surface area contributed by atoms with Crippen molar-refractivity contribution in [1.29, 1.82) is 0 Å². The summed E-state index contributed by atoms with van der Waals surface area (Å²) in [6.07, 6.45) is 0.753. The molecule has 0 unspecified atom stereocenters. The van der Waals surface area contributed by atoms with Crippen LogP contribution in [0.25, 0.3) is 10.2 Å². The number of hydrogen-bond donors (Lipinski definition) is 2. The number of aliphatic hydroxyl groups excluding tert-OH is 1. The lowest BCUT2D eigenvalue weighted by molar-refractivity contribution is 0.186. The van der Waals surface area contributed by atoms with E-state index in [0.29, 0.717) is 29.4 Å². The van der Waals surface area contributed by atoms with Crippen LogP contribution in [0.3, 0.4) is 0 Å². The predicted molar refractivity (Wildman–Crippen MR) is 90.4 cm³/mol. The van der Waals surface area contributed by atoms with Gasteiger partial charge >= 0.3 is 0 Å². The van der Waals surface area contributed by atoms with E-state index in [-0.39, 0.29) is 0 Å². The van der Waals surface area contributed by atoms with Gasteiger partial charge in [0.2, 0.25) is 0 Å². The van der Waals surface area contributed by atoms with E-state index in [1.54, 1.807) is 43.8 Å². The minimum atomic E-state index is -0.760. The lowest BCUT2D eigenvalue weighted by Gasteiger charge is -2.17. The number of aliphatic hydroxyl groups is 1. The topological polar surface area (TPSA) is 76.5 Å². The molecular weight excluding hydrogens is 314 g/mol. The van der Waals surface area contributed by atoms with E-state index in [2.05, 4.69) is 15.3 Å². The second-order valence-corrected chi connectivity index (χ2v) is 5.76. The normalized spacial score (nSPS) is 12.1. The Kier molecular flexibility index (Phi) is 4.59. The number of hydrogen-bond acceptors (Lipinski definition) is 7. The first kappa shape index (κ1) is 15.5. The predicted octanol–water partition coefficient (Wildman–Crippen LogP) is 2.85. The van der Waals surface area contributed by atoms with E-state index in [4.69, 9.17) is 9.47 Å². The van der Waals surface area contributed by atoms with Crippen LogP contribution in [0, 0.1) is 0 Å². The minimum Gasteiger partial charge on any atom is -0.497 e. The summed E-state index contributed by atoms with van der Waals surface area (Å²) in [5.41, 5.74) is 0.662. The molecule has 0 aliphatic carbocycles. The lowest BCUT2D eigenvalue weighted by Crippen LogP contribution is -2.14. The highest BCUT2D eigenvalue weighted by molar-refractivity contribution is 7.16. The number of benzene rings is 1. The van der Waals surface area contributed by atoms with Crippen molar-refractivity contribution in [2.75, 3.05) is 26.1 Å². The highest BCUT2D eigenvalue weighted by Gasteiger charge is 2.15. The fourth-order valence-electron chi connectivity index (χ4n) is 2.33. The Hall–Kier alpha value is -2.38. The highest BCUT2D eigenvalue weighted by Crippen LogP contribution is 2.30. The second-order valence-electron chi connectivity index (χ2n) is 4.87. The molecule has 23 heavy (non-hydrogen) atoms. The van der Waals surface area contributed by atoms with E-state index >= 15 is 0 Å². The fourth-order valence-corrected chi connectivity index (χ4v) is 3.07. The summed E-state index contributed by atoms with van der Waals surface area (Å²) >= 11 is 1.55. The van der Waals surface area contributed by atoms with Crippen LogP contribution in [0.15, 0.2) is 36.0 Å². The van der Waals surface area contributed by atoms with Gasteiger partial charge in [0.05, 0.1) is 25.7 Å². The molecule has 1 aromatic carbocycles. The van der Waals surface area contributed by atoms with Gasteiger partial charge in [-0.3, -0.25) is 0 Å². The number of aromatic nitrogens is 2. The Morgan fingerprint density at radius 3 is 2.87 bits per heavy atom. The SMILES string of the molecule is COc1ccc(OC)c([C@@H](O)CNc2ncnc3sccc23)c1. The van der Waals surface area contributed by atoms with Crippen molar-refractivity contribution in [2.24, 2.45) is 0 Å². The van der Waals surface area contributed by atoms with Crippen LogP contribution in [-0.4, -0.2) is 35.8 Å². The maximum Gasteiger partial charge on any atom is 0.138 e. The van der Waals surface area contributed by atoms with Crippen molar-refractivity contribution >= 4 is 27.4 Å². The molecule has 3 aromatic rings. The zero-order valence-corrected chi connectivity index (χ0v) is 13.6. The first-order valence-corrected chi connectivity index (χ1v) is 7.93. The summed E-state index contributed by atoms with van der Waals surface area (Å²) in [5, 5.41) is 16.6. The molecule has 0 aliphatic rings. The van der Waals surface area contributed by atoms with E-state index in [1.165, 1.54) is 6.33 Å². The van der Waals surface area contributed by atoms with Gasteiger partial charge in [0.25, 0.3) is 0 Å². The molecule has 6 nitrogen and oxygen atoms in total. The Labute approximate surface area is 137 Å². The van der Waals surface area contributed by atoms with Gasteiger partial charge in [-0.05, 0) is 29.6 Å². The number of rotatable bonds is 6. The summed E-state index contributed by atoms with van der Waals surface area (Å²) in [6, 6.07) is 7.30. The Morgan fingerprint density at radius 1 is 1.22 bits per heavy atom. The van der Waals surface area contributed by atoms with Crippen molar-refractivity contribution < 1.29 is 14.6 Å². The molecule has 0 saturated heterocycles. The summed E-state index contributed by atoms with van der Waals surface area (Å²) in [4.78, 5) is 9.36. The number of methoxy groups -OCH3 is 2. The Bertz CT molecular complexity index is 806. The van der Waals surface area contributed by atoms with Gasteiger partial charge in [0.1, 0.15) is 28.5 Å². The number of anilines is 1. The van der Waals surface area contributed by atoms with Crippen LogP contribution in [0.1, 0.15) is 11.7 Å². The standard InChI is InChI=1S/C16H17N3O3S/c1-21-10-3-4-14(22-2)12(7-10)13(20)8-17-15-11-5-6-23-16(11)19-9-18-15/h3-7,9,13,20H,8H2,1-2H3,(H,17,18,19)/t13-/m0/s1. The van der Waals surface area contributed by atoms with Gasteiger partial charge in [-0.1, -0.05) is 0 Å². The first-order valence-electron chi connectivity index (χ1n) is 7.05. The van der Waals surface area contributed by atoms with Gasteiger partial charge in [-0.25, -0.2) is 9.97 Å². The first-order chi connectivity index (χ1) is 11.2. The number of ether oxygens (including phenoxy) is 2. The van der Waals surface area contributed by atoms with Gasteiger partial charge in [0, 0.05) is 12.1 Å². The Morgan fingerprint density at radius 2 is 2.09 bits per heavy atom. The van der Waals surface area contributed by atoms with Crippen LogP contribution in [0.4, 0.5) is 5.82 Å². The summed E-state index contributed by atoms with van der Waals surface area (Å²) in [6.45, 7) is 0.297. The molecule has 1 atom stereocenters. The van der Waals surface area contributed by atoms with Crippen molar-refractivity contribution in [3.8, 4) is 11.5 Å². The molecule has 0 fully saturated rings. The molecule has 3 rings (SSSR count). The fraction of sp³-hybridized carbons (Fsp3) is 0.250. The molecule has 0 bridgehead atoms. The Balaban J connectivity index is 1.79. The number of nitrogens with zero attached hydrogens (tertiary/aromatic N) is 2. The maximum atomic E-state index is 10.5. The van der Waals surface area contributed by atoms with Crippen LogP contribution in [-0.2, 0) is 0 Å². The van der Waals surface area contributed by atoms with Crippen LogP contribution < -0.4 is 14.8 Å². The van der Waals surface area contributed by atoms with E-state index < -0.39 is 6.10 Å². The van der Waals surface area contributed by atoms with Gasteiger partial charge in [0.15, 0.2) is 0 Å². The quantitative estimate of drug-likeness (QED) is 0.723. The largest absolute Gasteiger partial charge is 0.497 e. The van der Waals surface area contributed by atoms with Crippen molar-refractivity contribution in [2.45, 2.75) is 6.10 Å². The molecule has 2 N–H and O–H groups in total. The molecular formula is C16H17N3O3S. The van der Waals surface area contributed by atoms with Crippen LogP contribution in [0.2, 0.25) is 0 Å². The number of thiophene rings is 1. The highest BCUT2D eigenvalue weighted by atomic mass is 32.1. The van der Waals surface area contributed by atoms with E-state index in [0.717, 1.165) is 10.2 Å². The smallest absolute Gasteiger partial charge is 0.138 e. The molecule has 2 aromatic heterocycles. The summed E-state index contributed by atoms with van der Waals surface area (Å²) < 4.78 is 10.5. The summed E-state index contributed by atoms with van der Waals surface area (Å²) in [5.74, 6) is 1.99. The van der Waals surface area contributed by atoms with Gasteiger partial charge in [-0.2, -0.15) is 0 Å². The molecule has 0 aliphatic heterocycles. The van der Waals surface area contributed by atoms with E-state index in [9.17, 15) is 5.11 Å². The number of nitrogens with one attached hydrogen (secondary N) is 1. The number of fused-ring (bicyclic) bond motifs is 1. The molecule has 7 heteroatoms. The van der Waals surface area contributed by atoms with Crippen LogP contribution >= 0.6 is 11.3 Å². The lowest BCUT2D eigenvalue weighted by atomic mass is 10.1. The average Bonchev–Trinajstić information content (AvgIpc) is 3.08. The van der Waals surface area contributed by atoms with Crippen LogP contribution in [0.5, 0.6) is 11.5 Å². The van der Waals surface area contributed by atoms with E-state index in [1.807, 2.05) is 11.4 Å². The zero-order valence-electron chi connectivity index (χ0n) is 12.8. The van der Waals surface area contributed by atoms with Crippen molar-refractivity contribution in [1.82, 2.24) is 9.97 Å². The monoisotopic (exact) mass is 331 g/mol. The molecule has 120 valence electrons. The van der Waals surface area contributed by atoms with Gasteiger partial charge < -0.3 is 19.9 Å². The zero-order chi connectivity index (χ0) is 16.2. The molecule has 0 spiro atoms. The molecule has 0 radical (unpaired) electrons. The minimum absolute atomic E-state index is 0.297. The third kappa shape index (κ3) is 3.20. The third-order valence-electron chi connectivity index (χ3n) is 3.52. The second kappa shape index (κ2) is 6.80. The van der Waals surface area contributed by atoms with Crippen molar-refractivity contribution in [3.05, 3.63) is 41.5 Å². The molecule has 0 saturated carbocycles. The molecule has 2 heterocycles. The third-order valence-corrected chi connectivity index (χ3v) is 4.34. The average molecular weight is 331 g/mol.